The normalized spacial score (nSPS) is 20.9. The van der Waals surface area contributed by atoms with E-state index in [1.165, 1.54) is 5.69 Å². The number of piperazine rings is 1. The lowest BCUT2D eigenvalue weighted by Gasteiger charge is -2.33. The Labute approximate surface area is 172 Å². The number of nitrogens with one attached hydrogen (secondary N) is 1. The number of hydrogen-bond donors (Lipinski definition) is 1. The summed E-state index contributed by atoms with van der Waals surface area (Å²) < 4.78 is 5.14. The second kappa shape index (κ2) is 9.41. The van der Waals surface area contributed by atoms with Gasteiger partial charge in [-0.3, -0.25) is 14.6 Å². The molecule has 1 unspecified atom stereocenters. The third-order valence-electron chi connectivity index (χ3n) is 5.89. The van der Waals surface area contributed by atoms with Gasteiger partial charge in [0.25, 0.3) is 0 Å². The van der Waals surface area contributed by atoms with Crippen LogP contribution in [0.4, 0.5) is 5.69 Å². The first kappa shape index (κ1) is 19.9. The largest absolute Gasteiger partial charge is 0.371 e. The van der Waals surface area contributed by atoms with Gasteiger partial charge in [0.1, 0.15) is 5.76 Å². The monoisotopic (exact) mass is 397 g/mol. The van der Waals surface area contributed by atoms with Crippen LogP contribution in [0, 0.1) is 12.8 Å². The molecule has 4 rings (SSSR count). The van der Waals surface area contributed by atoms with Gasteiger partial charge in [-0.15, -0.1) is 0 Å². The summed E-state index contributed by atoms with van der Waals surface area (Å²) in [5.41, 5.74) is 2.26. The van der Waals surface area contributed by atoms with Crippen molar-refractivity contribution in [1.29, 1.82) is 0 Å². The fourth-order valence-corrected chi connectivity index (χ4v) is 4.22. The molecule has 29 heavy (non-hydrogen) atoms. The van der Waals surface area contributed by atoms with Crippen molar-refractivity contribution in [3.8, 4) is 0 Å². The maximum Gasteiger partial charge on any atom is 0.234 e. The Morgan fingerprint density at radius 2 is 1.90 bits per heavy atom. The Kier molecular flexibility index (Phi) is 6.46. The van der Waals surface area contributed by atoms with Crippen LogP contribution >= 0.6 is 0 Å². The zero-order valence-electron chi connectivity index (χ0n) is 17.2. The van der Waals surface area contributed by atoms with E-state index in [9.17, 15) is 4.79 Å². The summed E-state index contributed by atoms with van der Waals surface area (Å²) in [6.45, 7) is 9.81. The predicted octanol–water partition coefficient (Wildman–Crippen LogP) is 1.74. The van der Waals surface area contributed by atoms with Gasteiger partial charge in [0.2, 0.25) is 5.91 Å². The van der Waals surface area contributed by atoms with E-state index >= 15 is 0 Å². The van der Waals surface area contributed by atoms with E-state index in [1.54, 1.807) is 0 Å². The van der Waals surface area contributed by atoms with Gasteiger partial charge in [0, 0.05) is 64.1 Å². The van der Waals surface area contributed by atoms with Crippen molar-refractivity contribution < 1.29 is 9.32 Å². The van der Waals surface area contributed by atoms with Gasteiger partial charge in [-0.1, -0.05) is 23.4 Å². The average molecular weight is 398 g/mol. The smallest absolute Gasteiger partial charge is 0.234 e. The van der Waals surface area contributed by atoms with Crippen LogP contribution in [-0.4, -0.2) is 73.2 Å². The van der Waals surface area contributed by atoms with Gasteiger partial charge in [0.05, 0.1) is 12.2 Å². The SMILES string of the molecule is Cc1cc(CN2CCN(CC(=O)NCC3CCN(c4ccccc4)C3)CC2)no1. The Bertz CT molecular complexity index is 786. The number of para-hydroxylation sites is 1. The standard InChI is InChI=1S/C22H31N5O2/c1-18-13-20(24-29-18)16-25-9-11-26(12-10-25)17-22(28)23-14-19-7-8-27(15-19)21-5-3-2-4-6-21/h2-6,13,19H,7-12,14-17H2,1H3,(H,23,28). The van der Waals surface area contributed by atoms with E-state index in [-0.39, 0.29) is 5.91 Å². The second-order valence-corrected chi connectivity index (χ2v) is 8.22. The molecule has 2 fully saturated rings. The third kappa shape index (κ3) is 5.58. The van der Waals surface area contributed by atoms with Crippen LogP contribution in [0.25, 0.3) is 0 Å². The van der Waals surface area contributed by atoms with E-state index in [2.05, 4.69) is 49.4 Å². The first-order valence-electron chi connectivity index (χ1n) is 10.6. The molecule has 2 aromatic rings. The Morgan fingerprint density at radius 1 is 1.14 bits per heavy atom. The van der Waals surface area contributed by atoms with Crippen LogP contribution in [0.3, 0.4) is 0 Å². The molecule has 1 aromatic carbocycles. The van der Waals surface area contributed by atoms with Gasteiger partial charge in [0.15, 0.2) is 0 Å². The molecular weight excluding hydrogens is 366 g/mol. The quantitative estimate of drug-likeness (QED) is 0.768. The van der Waals surface area contributed by atoms with Gasteiger partial charge in [-0.05, 0) is 31.4 Å². The average Bonchev–Trinajstić information content (AvgIpc) is 3.38. The van der Waals surface area contributed by atoms with Crippen LogP contribution in [0.5, 0.6) is 0 Å². The molecular formula is C22H31N5O2. The molecule has 0 aliphatic carbocycles. The van der Waals surface area contributed by atoms with Gasteiger partial charge in [-0.2, -0.15) is 0 Å². The van der Waals surface area contributed by atoms with Gasteiger partial charge >= 0.3 is 0 Å². The minimum atomic E-state index is 0.142. The lowest BCUT2D eigenvalue weighted by molar-refractivity contribution is -0.122. The van der Waals surface area contributed by atoms with Crippen LogP contribution in [0.2, 0.25) is 0 Å². The number of carbonyl (C=O) groups excluding carboxylic acids is 1. The van der Waals surface area contributed by atoms with E-state index in [4.69, 9.17) is 4.52 Å². The molecule has 0 spiro atoms. The summed E-state index contributed by atoms with van der Waals surface area (Å²) >= 11 is 0. The molecule has 2 saturated heterocycles. The van der Waals surface area contributed by atoms with Crippen LogP contribution in [-0.2, 0) is 11.3 Å². The Balaban J connectivity index is 1.13. The number of hydrogen-bond acceptors (Lipinski definition) is 6. The van der Waals surface area contributed by atoms with Crippen LogP contribution < -0.4 is 10.2 Å². The molecule has 1 atom stereocenters. The van der Waals surface area contributed by atoms with Gasteiger partial charge < -0.3 is 14.7 Å². The molecule has 1 aromatic heterocycles. The molecule has 7 nitrogen and oxygen atoms in total. The highest BCUT2D eigenvalue weighted by atomic mass is 16.5. The zero-order chi connectivity index (χ0) is 20.1. The lowest BCUT2D eigenvalue weighted by atomic mass is 10.1. The summed E-state index contributed by atoms with van der Waals surface area (Å²) in [6.07, 6.45) is 1.13. The molecule has 7 heteroatoms. The van der Waals surface area contributed by atoms with E-state index < -0.39 is 0 Å². The van der Waals surface area contributed by atoms with Crippen molar-refractivity contribution in [2.45, 2.75) is 19.9 Å². The van der Waals surface area contributed by atoms with Crippen molar-refractivity contribution in [3.63, 3.8) is 0 Å². The maximum absolute atomic E-state index is 12.4. The molecule has 1 N–H and O–H groups in total. The van der Waals surface area contributed by atoms with E-state index in [0.29, 0.717) is 12.5 Å². The fourth-order valence-electron chi connectivity index (χ4n) is 4.22. The molecule has 0 saturated carbocycles. The Morgan fingerprint density at radius 3 is 2.62 bits per heavy atom. The van der Waals surface area contributed by atoms with E-state index in [0.717, 1.165) is 70.2 Å². The maximum atomic E-state index is 12.4. The topological polar surface area (TPSA) is 64.8 Å². The first-order chi connectivity index (χ1) is 14.2. The predicted molar refractivity (Wildman–Crippen MR) is 113 cm³/mol. The third-order valence-corrected chi connectivity index (χ3v) is 5.89. The molecule has 156 valence electrons. The molecule has 0 radical (unpaired) electrons. The number of aryl methyl sites for hydroxylation is 1. The molecule has 2 aliphatic rings. The summed E-state index contributed by atoms with van der Waals surface area (Å²) in [5.74, 6) is 1.52. The van der Waals surface area contributed by atoms with Gasteiger partial charge in [-0.25, -0.2) is 0 Å². The lowest BCUT2D eigenvalue weighted by Crippen LogP contribution is -2.49. The highest BCUT2D eigenvalue weighted by Crippen LogP contribution is 2.22. The summed E-state index contributed by atoms with van der Waals surface area (Å²) in [4.78, 5) is 19.4. The molecule has 3 heterocycles. The minimum Gasteiger partial charge on any atom is -0.371 e. The molecule has 1 amide bonds. The van der Waals surface area contributed by atoms with E-state index in [1.807, 2.05) is 19.1 Å². The number of rotatable bonds is 7. The van der Waals surface area contributed by atoms with Crippen molar-refractivity contribution in [1.82, 2.24) is 20.3 Å². The number of benzene rings is 1. The number of anilines is 1. The summed E-state index contributed by atoms with van der Waals surface area (Å²) in [6, 6.07) is 12.5. The van der Waals surface area contributed by atoms with Crippen molar-refractivity contribution in [2.24, 2.45) is 5.92 Å². The van der Waals surface area contributed by atoms with Crippen LogP contribution in [0.15, 0.2) is 40.9 Å². The van der Waals surface area contributed by atoms with Crippen molar-refractivity contribution in [3.05, 3.63) is 47.9 Å². The van der Waals surface area contributed by atoms with Crippen molar-refractivity contribution >= 4 is 11.6 Å². The summed E-state index contributed by atoms with van der Waals surface area (Å²) in [5, 5.41) is 7.22. The number of nitrogens with zero attached hydrogens (tertiary/aromatic N) is 4. The minimum absolute atomic E-state index is 0.142. The molecule has 0 bridgehead atoms. The van der Waals surface area contributed by atoms with Crippen molar-refractivity contribution in [2.75, 3.05) is 57.3 Å². The second-order valence-electron chi connectivity index (χ2n) is 8.22. The first-order valence-corrected chi connectivity index (χ1v) is 10.6. The highest BCUT2D eigenvalue weighted by Gasteiger charge is 2.24. The Hall–Kier alpha value is -2.38. The number of aromatic nitrogens is 1. The van der Waals surface area contributed by atoms with Crippen LogP contribution in [0.1, 0.15) is 17.9 Å². The fraction of sp³-hybridized carbons (Fsp3) is 0.545. The summed E-state index contributed by atoms with van der Waals surface area (Å²) in [7, 11) is 0. The molecule has 2 aliphatic heterocycles. The zero-order valence-corrected chi connectivity index (χ0v) is 17.2. The highest BCUT2D eigenvalue weighted by molar-refractivity contribution is 5.78. The number of carbonyl (C=O) groups is 1. The number of amides is 1.